The van der Waals surface area contributed by atoms with Gasteiger partial charge in [0.25, 0.3) is 0 Å². The number of aliphatic hydroxyl groups excluding tert-OH is 1. The van der Waals surface area contributed by atoms with Gasteiger partial charge >= 0.3 is 0 Å². The van der Waals surface area contributed by atoms with Crippen molar-refractivity contribution in [2.45, 2.75) is 91.1 Å². The van der Waals surface area contributed by atoms with E-state index in [0.29, 0.717) is 16.2 Å². The van der Waals surface area contributed by atoms with E-state index in [9.17, 15) is 5.11 Å². The van der Waals surface area contributed by atoms with Gasteiger partial charge in [0, 0.05) is 0 Å². The quantitative estimate of drug-likeness (QED) is 0.652. The van der Waals surface area contributed by atoms with E-state index in [1.165, 1.54) is 51.4 Å². The fourth-order valence-electron chi connectivity index (χ4n) is 7.60. The van der Waals surface area contributed by atoms with E-state index < -0.39 is 0 Å². The van der Waals surface area contributed by atoms with Gasteiger partial charge in [0.2, 0.25) is 0 Å². The summed E-state index contributed by atoms with van der Waals surface area (Å²) in [4.78, 5) is 0. The first-order chi connectivity index (χ1) is 9.88. The van der Waals surface area contributed by atoms with E-state index in [1.807, 2.05) is 0 Å². The number of aliphatic hydroxyl groups is 1. The Morgan fingerprint density at radius 3 is 2.43 bits per heavy atom. The zero-order chi connectivity index (χ0) is 14.9. The van der Waals surface area contributed by atoms with Gasteiger partial charge < -0.3 is 5.11 Å². The molecule has 4 saturated carbocycles. The molecule has 1 heteroatoms. The molecule has 0 heterocycles. The molecule has 0 saturated heterocycles. The van der Waals surface area contributed by atoms with Crippen LogP contribution in [0.3, 0.4) is 0 Å². The van der Waals surface area contributed by atoms with E-state index in [0.717, 1.165) is 30.6 Å². The third-order valence-corrected chi connectivity index (χ3v) is 9.13. The summed E-state index contributed by atoms with van der Waals surface area (Å²) >= 11 is 0. The van der Waals surface area contributed by atoms with E-state index >= 15 is 0 Å². The van der Waals surface area contributed by atoms with Crippen molar-refractivity contribution >= 4 is 0 Å². The lowest BCUT2D eigenvalue weighted by Crippen LogP contribution is -2.57. The minimum atomic E-state index is -0.0278. The van der Waals surface area contributed by atoms with E-state index in [1.54, 1.807) is 0 Å². The maximum Gasteiger partial charge on any atom is 0.0545 e. The summed E-state index contributed by atoms with van der Waals surface area (Å²) in [7, 11) is 0. The molecule has 0 aromatic rings. The molecule has 0 aromatic carbocycles. The summed E-state index contributed by atoms with van der Waals surface area (Å²) in [5.74, 6) is 2.96. The normalized spacial score (nSPS) is 60.0. The molecule has 0 aromatic heterocycles. The van der Waals surface area contributed by atoms with Crippen LogP contribution in [0.4, 0.5) is 0 Å². The summed E-state index contributed by atoms with van der Waals surface area (Å²) in [6, 6.07) is 0. The Morgan fingerprint density at radius 1 is 0.810 bits per heavy atom. The number of hydrogen-bond donors (Lipinski definition) is 1. The van der Waals surface area contributed by atoms with Crippen LogP contribution in [-0.4, -0.2) is 11.2 Å². The largest absolute Gasteiger partial charge is 0.393 e. The first-order valence-electron chi connectivity index (χ1n) is 9.56. The van der Waals surface area contributed by atoms with Gasteiger partial charge in [0.1, 0.15) is 0 Å². The fourth-order valence-corrected chi connectivity index (χ4v) is 7.60. The molecule has 4 aliphatic rings. The lowest BCUT2D eigenvalue weighted by Gasteiger charge is -2.64. The predicted molar refractivity (Wildman–Crippen MR) is 87.0 cm³/mol. The third-order valence-electron chi connectivity index (χ3n) is 9.13. The Balaban J connectivity index is 1.67. The van der Waals surface area contributed by atoms with Crippen molar-refractivity contribution in [2.24, 2.45) is 34.0 Å². The van der Waals surface area contributed by atoms with Gasteiger partial charge in [-0.05, 0) is 91.8 Å². The minimum Gasteiger partial charge on any atom is -0.393 e. The summed E-state index contributed by atoms with van der Waals surface area (Å²) in [5, 5.41) is 10.2. The standard InChI is InChI=1S/C20H34O/c1-18-9-4-5-16(18)15-7-11-19(2)13-14(21)6-12-20(19,3)17(15)8-10-18/h14-17,21H,4-13H2,1-3H3/t14-,15+,16+,17-,18+,19+,20-/m1/s1. The van der Waals surface area contributed by atoms with Gasteiger partial charge in [-0.1, -0.05) is 27.2 Å². The summed E-state index contributed by atoms with van der Waals surface area (Å²) in [5.41, 5.74) is 1.58. The SMILES string of the molecule is C[C@@]12CCC[C@H]1[C@@H]1CC[C@@]3(C)C[C@H](O)CC[C@]3(C)[C@@H]1CC2. The van der Waals surface area contributed by atoms with Crippen molar-refractivity contribution in [2.75, 3.05) is 0 Å². The number of rotatable bonds is 0. The summed E-state index contributed by atoms with van der Waals surface area (Å²) in [6.07, 6.45) is 13.6. The molecule has 7 atom stereocenters. The maximum atomic E-state index is 10.2. The smallest absolute Gasteiger partial charge is 0.0545 e. The van der Waals surface area contributed by atoms with Gasteiger partial charge in [-0.2, -0.15) is 0 Å². The molecule has 0 unspecified atom stereocenters. The molecule has 4 aliphatic carbocycles. The van der Waals surface area contributed by atoms with Crippen molar-refractivity contribution in [3.63, 3.8) is 0 Å². The van der Waals surface area contributed by atoms with Gasteiger partial charge in [0.15, 0.2) is 0 Å². The van der Waals surface area contributed by atoms with Crippen molar-refractivity contribution in [1.82, 2.24) is 0 Å². The van der Waals surface area contributed by atoms with Crippen LogP contribution in [0, 0.1) is 34.0 Å². The van der Waals surface area contributed by atoms with Crippen molar-refractivity contribution in [3.8, 4) is 0 Å². The summed E-state index contributed by atoms with van der Waals surface area (Å²) < 4.78 is 0. The highest BCUT2D eigenvalue weighted by Crippen LogP contribution is 2.69. The number of hydrogen-bond acceptors (Lipinski definition) is 1. The highest BCUT2D eigenvalue weighted by molar-refractivity contribution is 5.11. The van der Waals surface area contributed by atoms with Crippen LogP contribution in [-0.2, 0) is 0 Å². The van der Waals surface area contributed by atoms with Gasteiger partial charge in [0.05, 0.1) is 6.10 Å². The molecule has 0 spiro atoms. The molecule has 4 fully saturated rings. The van der Waals surface area contributed by atoms with Crippen LogP contribution >= 0.6 is 0 Å². The van der Waals surface area contributed by atoms with Crippen LogP contribution in [0.25, 0.3) is 0 Å². The highest BCUT2D eigenvalue weighted by Gasteiger charge is 2.61. The van der Waals surface area contributed by atoms with Crippen LogP contribution in [0.1, 0.15) is 85.0 Å². The third kappa shape index (κ3) is 1.85. The Kier molecular flexibility index (Phi) is 3.11. The average molecular weight is 290 g/mol. The lowest BCUT2D eigenvalue weighted by atomic mass is 9.40. The van der Waals surface area contributed by atoms with E-state index in [4.69, 9.17) is 0 Å². The average Bonchev–Trinajstić information content (AvgIpc) is 2.82. The van der Waals surface area contributed by atoms with E-state index in [-0.39, 0.29) is 6.10 Å². The molecule has 0 radical (unpaired) electrons. The zero-order valence-corrected chi connectivity index (χ0v) is 14.3. The van der Waals surface area contributed by atoms with Gasteiger partial charge in [-0.3, -0.25) is 0 Å². The van der Waals surface area contributed by atoms with Gasteiger partial charge in [-0.15, -0.1) is 0 Å². The van der Waals surface area contributed by atoms with Crippen LogP contribution < -0.4 is 0 Å². The van der Waals surface area contributed by atoms with Crippen molar-refractivity contribution in [1.29, 1.82) is 0 Å². The van der Waals surface area contributed by atoms with Crippen LogP contribution in [0.15, 0.2) is 0 Å². The highest BCUT2D eigenvalue weighted by atomic mass is 16.3. The zero-order valence-electron chi connectivity index (χ0n) is 14.3. The van der Waals surface area contributed by atoms with Gasteiger partial charge in [-0.25, -0.2) is 0 Å². The minimum absolute atomic E-state index is 0.0278. The lowest BCUT2D eigenvalue weighted by molar-refractivity contribution is -0.166. The van der Waals surface area contributed by atoms with Crippen molar-refractivity contribution < 1.29 is 5.11 Å². The molecule has 1 N–H and O–H groups in total. The van der Waals surface area contributed by atoms with Crippen LogP contribution in [0.5, 0.6) is 0 Å². The first kappa shape index (κ1) is 14.5. The first-order valence-corrected chi connectivity index (χ1v) is 9.56. The fraction of sp³-hybridized carbons (Fsp3) is 1.00. The predicted octanol–water partition coefficient (Wildman–Crippen LogP) is 5.17. The molecule has 0 amide bonds. The molecule has 1 nitrogen and oxygen atoms in total. The topological polar surface area (TPSA) is 20.2 Å². The molecule has 120 valence electrons. The summed E-state index contributed by atoms with van der Waals surface area (Å²) in [6.45, 7) is 7.71. The molecular formula is C20H34O. The molecule has 0 bridgehead atoms. The maximum absolute atomic E-state index is 10.2. The Labute approximate surface area is 130 Å². The molecule has 0 aliphatic heterocycles. The Bertz CT molecular complexity index is 432. The second-order valence-corrected chi connectivity index (χ2v) is 9.88. The second kappa shape index (κ2) is 4.49. The van der Waals surface area contributed by atoms with Crippen LogP contribution in [0.2, 0.25) is 0 Å². The molecule has 4 rings (SSSR count). The molecular weight excluding hydrogens is 256 g/mol. The molecule has 21 heavy (non-hydrogen) atoms. The van der Waals surface area contributed by atoms with Crippen molar-refractivity contribution in [3.05, 3.63) is 0 Å². The van der Waals surface area contributed by atoms with E-state index in [2.05, 4.69) is 20.8 Å². The number of fused-ring (bicyclic) bond motifs is 5. The second-order valence-electron chi connectivity index (χ2n) is 9.88. The monoisotopic (exact) mass is 290 g/mol. The Morgan fingerprint density at radius 2 is 1.62 bits per heavy atom. The Hall–Kier alpha value is -0.0400.